The Bertz CT molecular complexity index is 131. The third kappa shape index (κ3) is 7.77. The van der Waals surface area contributed by atoms with E-state index in [0.717, 1.165) is 19.7 Å². The zero-order chi connectivity index (χ0) is 11.5. The maximum absolute atomic E-state index is 5.46. The lowest BCUT2D eigenvalue weighted by molar-refractivity contribution is 0.101. The average Bonchev–Trinajstić information content (AvgIpc) is 2.23. The van der Waals surface area contributed by atoms with Crippen molar-refractivity contribution in [3.05, 3.63) is 0 Å². The third-order valence-corrected chi connectivity index (χ3v) is 2.84. The standard InChI is InChI=1S/C12H28N2O/c1-4-14(12(2)11-15-3)10-8-6-5-7-9-13/h12H,4-11,13H2,1-3H3. The molecule has 2 N–H and O–H groups in total. The maximum atomic E-state index is 5.46. The van der Waals surface area contributed by atoms with Crippen LogP contribution in [0.4, 0.5) is 0 Å². The van der Waals surface area contributed by atoms with Crippen LogP contribution in [-0.2, 0) is 4.74 Å². The Balaban J connectivity index is 3.51. The number of unbranched alkanes of at least 4 members (excludes halogenated alkanes) is 3. The Kier molecular flexibility index (Phi) is 10.3. The number of ether oxygens (including phenoxy) is 1. The summed E-state index contributed by atoms with van der Waals surface area (Å²) < 4.78 is 5.17. The van der Waals surface area contributed by atoms with Crippen LogP contribution in [0.2, 0.25) is 0 Å². The minimum absolute atomic E-state index is 0.537. The highest BCUT2D eigenvalue weighted by molar-refractivity contribution is 4.65. The predicted octanol–water partition coefficient (Wildman–Crippen LogP) is 1.86. The van der Waals surface area contributed by atoms with Crippen molar-refractivity contribution < 1.29 is 4.74 Å². The van der Waals surface area contributed by atoms with Crippen molar-refractivity contribution >= 4 is 0 Å². The van der Waals surface area contributed by atoms with E-state index >= 15 is 0 Å². The lowest BCUT2D eigenvalue weighted by Gasteiger charge is -2.27. The van der Waals surface area contributed by atoms with Gasteiger partial charge in [-0.05, 0) is 39.4 Å². The summed E-state index contributed by atoms with van der Waals surface area (Å²) in [6, 6.07) is 0.537. The lowest BCUT2D eigenvalue weighted by atomic mass is 10.1. The molecule has 0 spiro atoms. The molecule has 0 aromatic heterocycles. The molecule has 0 amide bonds. The van der Waals surface area contributed by atoms with Gasteiger partial charge in [0.1, 0.15) is 0 Å². The molecule has 0 radical (unpaired) electrons. The molecular formula is C12H28N2O. The largest absolute Gasteiger partial charge is 0.383 e. The first kappa shape index (κ1) is 14.9. The molecule has 1 atom stereocenters. The van der Waals surface area contributed by atoms with Gasteiger partial charge >= 0.3 is 0 Å². The molecule has 0 saturated heterocycles. The summed E-state index contributed by atoms with van der Waals surface area (Å²) >= 11 is 0. The molecule has 3 heteroatoms. The Labute approximate surface area is 95.0 Å². The highest BCUT2D eigenvalue weighted by atomic mass is 16.5. The van der Waals surface area contributed by atoms with Gasteiger partial charge in [-0.3, -0.25) is 4.90 Å². The minimum Gasteiger partial charge on any atom is -0.383 e. The summed E-state index contributed by atoms with van der Waals surface area (Å²) in [5.41, 5.74) is 5.46. The van der Waals surface area contributed by atoms with Crippen molar-refractivity contribution in [3.63, 3.8) is 0 Å². The monoisotopic (exact) mass is 216 g/mol. The molecule has 0 heterocycles. The summed E-state index contributed by atoms with van der Waals surface area (Å²) in [7, 11) is 1.77. The van der Waals surface area contributed by atoms with Crippen LogP contribution < -0.4 is 5.73 Å². The van der Waals surface area contributed by atoms with Crippen LogP contribution in [0, 0.1) is 0 Å². The number of methoxy groups -OCH3 is 1. The first-order valence-electron chi connectivity index (χ1n) is 6.19. The molecule has 0 aliphatic carbocycles. The van der Waals surface area contributed by atoms with Crippen molar-refractivity contribution in [2.24, 2.45) is 5.73 Å². The van der Waals surface area contributed by atoms with E-state index in [4.69, 9.17) is 10.5 Å². The molecule has 0 aliphatic rings. The van der Waals surface area contributed by atoms with Crippen molar-refractivity contribution in [2.45, 2.75) is 45.6 Å². The molecule has 3 nitrogen and oxygen atoms in total. The van der Waals surface area contributed by atoms with Gasteiger partial charge in [0.05, 0.1) is 6.61 Å². The maximum Gasteiger partial charge on any atom is 0.0615 e. The molecular weight excluding hydrogens is 188 g/mol. The molecule has 15 heavy (non-hydrogen) atoms. The van der Waals surface area contributed by atoms with Crippen molar-refractivity contribution in [2.75, 3.05) is 33.4 Å². The summed E-state index contributed by atoms with van der Waals surface area (Å²) in [5, 5.41) is 0. The topological polar surface area (TPSA) is 38.5 Å². The van der Waals surface area contributed by atoms with E-state index in [2.05, 4.69) is 18.7 Å². The van der Waals surface area contributed by atoms with Crippen LogP contribution in [0.5, 0.6) is 0 Å². The van der Waals surface area contributed by atoms with E-state index < -0.39 is 0 Å². The van der Waals surface area contributed by atoms with Gasteiger partial charge < -0.3 is 10.5 Å². The highest BCUT2D eigenvalue weighted by Crippen LogP contribution is 2.05. The smallest absolute Gasteiger partial charge is 0.0615 e. The van der Waals surface area contributed by atoms with Gasteiger partial charge in [0.15, 0.2) is 0 Å². The average molecular weight is 216 g/mol. The normalized spacial score (nSPS) is 13.4. The number of rotatable bonds is 10. The van der Waals surface area contributed by atoms with E-state index in [1.807, 2.05) is 0 Å². The van der Waals surface area contributed by atoms with E-state index in [-0.39, 0.29) is 0 Å². The van der Waals surface area contributed by atoms with Crippen LogP contribution in [0.15, 0.2) is 0 Å². The van der Waals surface area contributed by atoms with Gasteiger partial charge in [-0.1, -0.05) is 19.8 Å². The lowest BCUT2D eigenvalue weighted by Crippen LogP contribution is -2.36. The van der Waals surface area contributed by atoms with Crippen LogP contribution >= 0.6 is 0 Å². The summed E-state index contributed by atoms with van der Waals surface area (Å²) in [6.07, 6.45) is 5.02. The van der Waals surface area contributed by atoms with Crippen LogP contribution in [0.3, 0.4) is 0 Å². The molecule has 0 aromatic rings. The molecule has 0 bridgehead atoms. The number of hydrogen-bond acceptors (Lipinski definition) is 3. The van der Waals surface area contributed by atoms with E-state index in [0.29, 0.717) is 6.04 Å². The SMILES string of the molecule is CCN(CCCCCCN)C(C)COC. The molecule has 0 saturated carbocycles. The van der Waals surface area contributed by atoms with E-state index in [9.17, 15) is 0 Å². The number of nitrogens with two attached hydrogens (primary N) is 1. The zero-order valence-electron chi connectivity index (χ0n) is 10.7. The Hall–Kier alpha value is -0.120. The quantitative estimate of drug-likeness (QED) is 0.567. The van der Waals surface area contributed by atoms with Crippen molar-refractivity contribution in [3.8, 4) is 0 Å². The predicted molar refractivity (Wildman–Crippen MR) is 66.1 cm³/mol. The Morgan fingerprint density at radius 3 is 2.40 bits per heavy atom. The van der Waals surface area contributed by atoms with Gasteiger partial charge in [0.2, 0.25) is 0 Å². The second-order valence-electron chi connectivity index (χ2n) is 4.14. The summed E-state index contributed by atoms with van der Waals surface area (Å²) in [4.78, 5) is 2.48. The van der Waals surface area contributed by atoms with Crippen molar-refractivity contribution in [1.29, 1.82) is 0 Å². The van der Waals surface area contributed by atoms with Crippen molar-refractivity contribution in [1.82, 2.24) is 4.90 Å². The Morgan fingerprint density at radius 2 is 1.87 bits per heavy atom. The fourth-order valence-electron chi connectivity index (χ4n) is 1.85. The van der Waals surface area contributed by atoms with E-state index in [1.165, 1.54) is 32.2 Å². The van der Waals surface area contributed by atoms with Gasteiger partial charge in [0, 0.05) is 13.2 Å². The number of likely N-dealkylation sites (N-methyl/N-ethyl adjacent to an activating group) is 1. The zero-order valence-corrected chi connectivity index (χ0v) is 10.7. The van der Waals surface area contributed by atoms with Gasteiger partial charge in [-0.15, -0.1) is 0 Å². The first-order valence-corrected chi connectivity index (χ1v) is 6.19. The number of hydrogen-bond donors (Lipinski definition) is 1. The number of nitrogens with zero attached hydrogens (tertiary/aromatic N) is 1. The van der Waals surface area contributed by atoms with E-state index in [1.54, 1.807) is 7.11 Å². The van der Waals surface area contributed by atoms with Gasteiger partial charge in [0.25, 0.3) is 0 Å². The Morgan fingerprint density at radius 1 is 1.20 bits per heavy atom. The van der Waals surface area contributed by atoms with Gasteiger partial charge in [-0.2, -0.15) is 0 Å². The van der Waals surface area contributed by atoms with Crippen LogP contribution in [0.1, 0.15) is 39.5 Å². The molecule has 0 rings (SSSR count). The molecule has 0 aromatic carbocycles. The first-order chi connectivity index (χ1) is 7.26. The van der Waals surface area contributed by atoms with Crippen LogP contribution in [-0.4, -0.2) is 44.3 Å². The summed E-state index contributed by atoms with van der Waals surface area (Å²) in [5.74, 6) is 0. The molecule has 92 valence electrons. The molecule has 0 fully saturated rings. The fourth-order valence-corrected chi connectivity index (χ4v) is 1.85. The highest BCUT2D eigenvalue weighted by Gasteiger charge is 2.10. The second kappa shape index (κ2) is 10.4. The summed E-state index contributed by atoms with van der Waals surface area (Å²) in [6.45, 7) is 8.40. The minimum atomic E-state index is 0.537. The third-order valence-electron chi connectivity index (χ3n) is 2.84. The fraction of sp³-hybridized carbons (Fsp3) is 1.00. The molecule has 0 aliphatic heterocycles. The molecule has 1 unspecified atom stereocenters. The second-order valence-corrected chi connectivity index (χ2v) is 4.14. The van der Waals surface area contributed by atoms with Gasteiger partial charge in [-0.25, -0.2) is 0 Å². The van der Waals surface area contributed by atoms with Crippen LogP contribution in [0.25, 0.3) is 0 Å².